The molecule has 4 aromatic rings. The van der Waals surface area contributed by atoms with Gasteiger partial charge in [0, 0.05) is 18.3 Å². The maximum atomic E-state index is 13.0. The Balaban J connectivity index is 1.42. The van der Waals surface area contributed by atoms with Gasteiger partial charge in [-0.1, -0.05) is 24.3 Å². The second-order valence-corrected chi connectivity index (χ2v) is 6.88. The van der Waals surface area contributed by atoms with Gasteiger partial charge in [-0.3, -0.25) is 9.78 Å². The molecule has 10 heteroatoms. The number of benzene rings is 2. The number of carboxylic acids is 1. The highest BCUT2D eigenvalue weighted by Crippen LogP contribution is 2.15. The van der Waals surface area contributed by atoms with Gasteiger partial charge in [0.05, 0.1) is 12.1 Å². The summed E-state index contributed by atoms with van der Waals surface area (Å²) in [4.78, 5) is 28.8. The molecule has 0 aliphatic heterocycles. The number of carboxylic acid groups (broad SMARTS) is 1. The summed E-state index contributed by atoms with van der Waals surface area (Å²) in [5.74, 6) is -1.40. The van der Waals surface area contributed by atoms with Gasteiger partial charge in [0.2, 0.25) is 5.82 Å². The molecule has 0 spiro atoms. The summed E-state index contributed by atoms with van der Waals surface area (Å²) < 4.78 is 13.0. The molecule has 2 aromatic heterocycles. The van der Waals surface area contributed by atoms with Gasteiger partial charge in [0.25, 0.3) is 5.91 Å². The highest BCUT2D eigenvalue weighted by Gasteiger charge is 2.12. The number of tetrazole rings is 1. The highest BCUT2D eigenvalue weighted by molar-refractivity contribution is 5.93. The van der Waals surface area contributed by atoms with Crippen molar-refractivity contribution >= 4 is 11.9 Å². The summed E-state index contributed by atoms with van der Waals surface area (Å²) in [6.45, 7) is 0.545. The Morgan fingerprint density at radius 2 is 1.72 bits per heavy atom. The first kappa shape index (κ1) is 20.8. The third kappa shape index (κ3) is 4.98. The number of hydrogen-bond acceptors (Lipinski definition) is 6. The molecular weight excluding hydrogens is 415 g/mol. The molecule has 0 radical (unpaired) electrons. The number of nitrogens with one attached hydrogen (secondary N) is 1. The minimum absolute atomic E-state index is 0.185. The van der Waals surface area contributed by atoms with Gasteiger partial charge in [-0.15, -0.1) is 10.2 Å². The summed E-state index contributed by atoms with van der Waals surface area (Å²) in [5.41, 5.74) is 2.53. The van der Waals surface area contributed by atoms with Crippen LogP contribution in [0.3, 0.4) is 0 Å². The van der Waals surface area contributed by atoms with Gasteiger partial charge in [-0.05, 0) is 52.7 Å². The number of halogens is 1. The number of amides is 1. The van der Waals surface area contributed by atoms with Crippen molar-refractivity contribution in [3.8, 4) is 11.4 Å². The highest BCUT2D eigenvalue weighted by atomic mass is 19.1. The van der Waals surface area contributed by atoms with Crippen LogP contribution in [-0.2, 0) is 13.1 Å². The van der Waals surface area contributed by atoms with Crippen molar-refractivity contribution in [2.45, 2.75) is 13.1 Å². The fourth-order valence-electron chi connectivity index (χ4n) is 2.91. The first-order valence-electron chi connectivity index (χ1n) is 9.57. The van der Waals surface area contributed by atoms with E-state index in [1.165, 1.54) is 35.3 Å². The average Bonchev–Trinajstić information content (AvgIpc) is 3.27. The van der Waals surface area contributed by atoms with E-state index in [2.05, 4.69) is 25.7 Å². The largest absolute Gasteiger partial charge is 0.478 e. The van der Waals surface area contributed by atoms with E-state index < -0.39 is 5.97 Å². The predicted octanol–water partition coefficient (Wildman–Crippen LogP) is 2.55. The summed E-state index contributed by atoms with van der Waals surface area (Å²) in [5, 5.41) is 24.1. The molecule has 1 amide bonds. The molecule has 0 bridgehead atoms. The fourth-order valence-corrected chi connectivity index (χ4v) is 2.91. The molecule has 0 saturated heterocycles. The Morgan fingerprint density at radius 3 is 2.44 bits per heavy atom. The first-order chi connectivity index (χ1) is 15.5. The molecular formula is C22H17FN6O3. The van der Waals surface area contributed by atoms with E-state index in [-0.39, 0.29) is 29.5 Å². The van der Waals surface area contributed by atoms with Crippen LogP contribution in [-0.4, -0.2) is 42.2 Å². The number of pyridine rings is 1. The Kier molecular flexibility index (Phi) is 5.93. The predicted molar refractivity (Wildman–Crippen MR) is 111 cm³/mol. The number of nitrogens with zero attached hydrogens (tertiary/aromatic N) is 5. The minimum atomic E-state index is -0.993. The van der Waals surface area contributed by atoms with E-state index in [1.54, 1.807) is 36.4 Å². The van der Waals surface area contributed by atoms with E-state index in [4.69, 9.17) is 5.11 Å². The van der Waals surface area contributed by atoms with Crippen molar-refractivity contribution in [3.05, 3.63) is 95.1 Å². The molecule has 0 atom stereocenters. The number of carbonyl (C=O) groups excluding carboxylic acids is 1. The Labute approximate surface area is 181 Å². The van der Waals surface area contributed by atoms with Gasteiger partial charge in [-0.2, -0.15) is 4.80 Å². The van der Waals surface area contributed by atoms with Crippen LogP contribution in [0.5, 0.6) is 0 Å². The molecule has 4 rings (SSSR count). The van der Waals surface area contributed by atoms with Crippen LogP contribution in [0.2, 0.25) is 0 Å². The number of aromatic carboxylic acids is 1. The average molecular weight is 432 g/mol. The SMILES string of the molecule is O=C(O)c1ccc(Cn2nnc(-c3ccnc(C(=O)NCc4ccc(F)cc4)c3)n2)cc1. The smallest absolute Gasteiger partial charge is 0.335 e. The summed E-state index contributed by atoms with van der Waals surface area (Å²) in [6.07, 6.45) is 1.48. The zero-order chi connectivity index (χ0) is 22.5. The van der Waals surface area contributed by atoms with Gasteiger partial charge in [-0.25, -0.2) is 9.18 Å². The maximum absolute atomic E-state index is 13.0. The third-order valence-corrected chi connectivity index (χ3v) is 4.59. The van der Waals surface area contributed by atoms with Crippen molar-refractivity contribution in [3.63, 3.8) is 0 Å². The lowest BCUT2D eigenvalue weighted by molar-refractivity contribution is 0.0696. The number of carbonyl (C=O) groups is 2. The van der Waals surface area contributed by atoms with Gasteiger partial charge in [0.15, 0.2) is 0 Å². The monoisotopic (exact) mass is 432 g/mol. The lowest BCUT2D eigenvalue weighted by Crippen LogP contribution is -2.23. The number of rotatable bonds is 7. The minimum Gasteiger partial charge on any atom is -0.478 e. The van der Waals surface area contributed by atoms with E-state index in [0.717, 1.165) is 11.1 Å². The van der Waals surface area contributed by atoms with Gasteiger partial charge >= 0.3 is 5.97 Å². The lowest BCUT2D eigenvalue weighted by Gasteiger charge is -2.05. The lowest BCUT2D eigenvalue weighted by atomic mass is 10.1. The van der Waals surface area contributed by atoms with Crippen LogP contribution in [0, 0.1) is 5.82 Å². The standard InChI is InChI=1S/C22H17FN6O3/c23-18-7-3-14(4-8-18)12-25-21(30)19-11-17(9-10-24-19)20-26-28-29(27-20)13-15-1-5-16(6-2-15)22(31)32/h1-11H,12-13H2,(H,25,30)(H,31,32). The van der Waals surface area contributed by atoms with Crippen molar-refractivity contribution in [1.82, 2.24) is 30.5 Å². The molecule has 2 aromatic carbocycles. The normalized spacial score (nSPS) is 10.7. The molecule has 0 unspecified atom stereocenters. The topological polar surface area (TPSA) is 123 Å². The Morgan fingerprint density at radius 1 is 1.00 bits per heavy atom. The molecule has 160 valence electrons. The summed E-state index contributed by atoms with van der Waals surface area (Å²) >= 11 is 0. The summed E-state index contributed by atoms with van der Waals surface area (Å²) in [7, 11) is 0. The summed E-state index contributed by atoms with van der Waals surface area (Å²) in [6, 6.07) is 15.5. The van der Waals surface area contributed by atoms with Crippen LogP contribution >= 0.6 is 0 Å². The zero-order valence-electron chi connectivity index (χ0n) is 16.6. The first-order valence-corrected chi connectivity index (χ1v) is 9.57. The van der Waals surface area contributed by atoms with Crippen molar-refractivity contribution in [1.29, 1.82) is 0 Å². The van der Waals surface area contributed by atoms with E-state index in [1.807, 2.05) is 0 Å². The Hall–Kier alpha value is -4.47. The van der Waals surface area contributed by atoms with Gasteiger partial charge < -0.3 is 10.4 Å². The molecule has 9 nitrogen and oxygen atoms in total. The van der Waals surface area contributed by atoms with Crippen LogP contribution in [0.25, 0.3) is 11.4 Å². The molecule has 2 N–H and O–H groups in total. The van der Waals surface area contributed by atoms with Crippen LogP contribution in [0.15, 0.2) is 66.9 Å². The zero-order valence-corrected chi connectivity index (χ0v) is 16.6. The molecule has 2 heterocycles. The molecule has 0 saturated carbocycles. The van der Waals surface area contributed by atoms with Crippen LogP contribution < -0.4 is 5.32 Å². The number of hydrogen-bond donors (Lipinski definition) is 2. The van der Waals surface area contributed by atoms with Gasteiger partial charge in [0.1, 0.15) is 11.5 Å². The van der Waals surface area contributed by atoms with Crippen LogP contribution in [0.4, 0.5) is 4.39 Å². The molecule has 32 heavy (non-hydrogen) atoms. The van der Waals surface area contributed by atoms with Crippen molar-refractivity contribution in [2.75, 3.05) is 0 Å². The van der Waals surface area contributed by atoms with E-state index in [9.17, 15) is 14.0 Å². The number of aromatic nitrogens is 5. The van der Waals surface area contributed by atoms with Crippen LogP contribution in [0.1, 0.15) is 32.0 Å². The maximum Gasteiger partial charge on any atom is 0.335 e. The fraction of sp³-hybridized carbons (Fsp3) is 0.0909. The van der Waals surface area contributed by atoms with E-state index >= 15 is 0 Å². The van der Waals surface area contributed by atoms with E-state index in [0.29, 0.717) is 17.9 Å². The Bertz CT molecular complexity index is 1260. The second kappa shape index (κ2) is 9.13. The quantitative estimate of drug-likeness (QED) is 0.460. The molecule has 0 aliphatic carbocycles. The van der Waals surface area contributed by atoms with Crippen molar-refractivity contribution in [2.24, 2.45) is 0 Å². The van der Waals surface area contributed by atoms with Crippen molar-refractivity contribution < 1.29 is 19.1 Å². The molecule has 0 fully saturated rings. The second-order valence-electron chi connectivity index (χ2n) is 6.88. The molecule has 0 aliphatic rings. The third-order valence-electron chi connectivity index (χ3n) is 4.59.